The Morgan fingerprint density at radius 3 is 2.65 bits per heavy atom. The minimum Gasteiger partial charge on any atom is -0.471 e. The lowest BCUT2D eigenvalue weighted by Gasteiger charge is -2.34. The minimum absolute atomic E-state index is 0.00725. The Balaban J connectivity index is 1.92. The Kier molecular flexibility index (Phi) is 5.44. The van der Waals surface area contributed by atoms with E-state index in [-0.39, 0.29) is 17.4 Å². The summed E-state index contributed by atoms with van der Waals surface area (Å²) in [5.41, 5.74) is 0.0123. The molecule has 23 heavy (non-hydrogen) atoms. The molecular weight excluding hydrogens is 292 g/mol. The van der Waals surface area contributed by atoms with Gasteiger partial charge in [-0.15, -0.1) is 10.2 Å². The van der Waals surface area contributed by atoms with Crippen LogP contribution in [-0.4, -0.2) is 54.3 Å². The van der Waals surface area contributed by atoms with Gasteiger partial charge >= 0.3 is 0 Å². The lowest BCUT2D eigenvalue weighted by molar-refractivity contribution is -0.135. The van der Waals surface area contributed by atoms with Crippen LogP contribution in [0.4, 0.5) is 5.82 Å². The third-order valence-electron chi connectivity index (χ3n) is 3.78. The smallest absolute Gasteiger partial charge is 0.233 e. The van der Waals surface area contributed by atoms with Crippen molar-refractivity contribution in [1.29, 1.82) is 0 Å². The molecule has 1 aliphatic rings. The SMILES string of the molecule is CN(C)c1ccc(OC2CCCN(C(=O)CC(C)(C)C)C2)nn1. The van der Waals surface area contributed by atoms with Crippen LogP contribution in [0.25, 0.3) is 0 Å². The average molecular weight is 320 g/mol. The molecule has 1 saturated heterocycles. The van der Waals surface area contributed by atoms with Crippen LogP contribution in [0, 0.1) is 5.41 Å². The highest BCUT2D eigenvalue weighted by Crippen LogP contribution is 2.23. The molecule has 128 valence electrons. The van der Waals surface area contributed by atoms with Crippen LogP contribution in [0.15, 0.2) is 12.1 Å². The number of aromatic nitrogens is 2. The fourth-order valence-electron chi connectivity index (χ4n) is 2.61. The molecular formula is C17H28N4O2. The highest BCUT2D eigenvalue weighted by molar-refractivity contribution is 5.77. The van der Waals surface area contributed by atoms with E-state index in [9.17, 15) is 4.79 Å². The second-order valence-corrected chi connectivity index (χ2v) is 7.58. The van der Waals surface area contributed by atoms with Gasteiger partial charge in [0.05, 0.1) is 6.54 Å². The van der Waals surface area contributed by atoms with Crippen molar-refractivity contribution in [2.24, 2.45) is 5.41 Å². The number of hydrogen-bond donors (Lipinski definition) is 0. The van der Waals surface area contributed by atoms with Gasteiger partial charge in [0.15, 0.2) is 5.82 Å². The van der Waals surface area contributed by atoms with E-state index in [4.69, 9.17) is 4.74 Å². The van der Waals surface area contributed by atoms with E-state index < -0.39 is 0 Å². The van der Waals surface area contributed by atoms with Crippen LogP contribution in [0.2, 0.25) is 0 Å². The lowest BCUT2D eigenvalue weighted by atomic mass is 9.91. The first-order valence-electron chi connectivity index (χ1n) is 8.20. The normalized spacial score (nSPS) is 18.7. The van der Waals surface area contributed by atoms with Crippen molar-refractivity contribution in [3.63, 3.8) is 0 Å². The highest BCUT2D eigenvalue weighted by atomic mass is 16.5. The Bertz CT molecular complexity index is 522. The number of hydrogen-bond acceptors (Lipinski definition) is 5. The Morgan fingerprint density at radius 2 is 2.09 bits per heavy atom. The molecule has 1 amide bonds. The molecule has 2 rings (SSSR count). The van der Waals surface area contributed by atoms with Gasteiger partial charge in [0.1, 0.15) is 6.10 Å². The predicted octanol–water partition coefficient (Wildman–Crippen LogP) is 2.35. The van der Waals surface area contributed by atoms with Crippen LogP contribution in [0.3, 0.4) is 0 Å². The van der Waals surface area contributed by atoms with Gasteiger partial charge in [-0.2, -0.15) is 0 Å². The summed E-state index contributed by atoms with van der Waals surface area (Å²) in [4.78, 5) is 16.2. The summed E-state index contributed by atoms with van der Waals surface area (Å²) >= 11 is 0. The molecule has 0 bridgehead atoms. The largest absolute Gasteiger partial charge is 0.471 e. The summed E-state index contributed by atoms with van der Waals surface area (Å²) in [7, 11) is 3.84. The second kappa shape index (κ2) is 7.15. The molecule has 1 unspecified atom stereocenters. The Morgan fingerprint density at radius 1 is 1.35 bits per heavy atom. The first-order valence-corrected chi connectivity index (χ1v) is 8.20. The average Bonchev–Trinajstić information content (AvgIpc) is 2.46. The molecule has 0 N–H and O–H groups in total. The third-order valence-corrected chi connectivity index (χ3v) is 3.78. The molecule has 0 radical (unpaired) electrons. The van der Waals surface area contributed by atoms with Crippen LogP contribution >= 0.6 is 0 Å². The van der Waals surface area contributed by atoms with Gasteiger partial charge in [-0.05, 0) is 24.3 Å². The highest BCUT2D eigenvalue weighted by Gasteiger charge is 2.27. The number of anilines is 1. The zero-order valence-electron chi connectivity index (χ0n) is 14.9. The number of carbonyl (C=O) groups excluding carboxylic acids is 1. The van der Waals surface area contributed by atoms with Crippen molar-refractivity contribution in [2.75, 3.05) is 32.1 Å². The number of ether oxygens (including phenoxy) is 1. The predicted molar refractivity (Wildman–Crippen MR) is 90.7 cm³/mol. The van der Waals surface area contributed by atoms with E-state index in [0.717, 1.165) is 25.2 Å². The minimum atomic E-state index is -0.00725. The summed E-state index contributed by atoms with van der Waals surface area (Å²) in [5, 5.41) is 8.22. The molecule has 1 aromatic rings. The standard InChI is InChI=1S/C17H28N4O2/c1-17(2,3)11-16(22)21-10-6-7-13(12-21)23-15-9-8-14(18-19-15)20(4)5/h8-9,13H,6-7,10-12H2,1-5H3. The second-order valence-electron chi connectivity index (χ2n) is 7.58. The van der Waals surface area contributed by atoms with Gasteiger partial charge in [-0.3, -0.25) is 4.79 Å². The molecule has 1 fully saturated rings. The molecule has 6 heteroatoms. The molecule has 1 aromatic heterocycles. The number of piperidine rings is 1. The van der Waals surface area contributed by atoms with Gasteiger partial charge in [0.2, 0.25) is 11.8 Å². The number of nitrogens with zero attached hydrogens (tertiary/aromatic N) is 4. The van der Waals surface area contributed by atoms with Crippen molar-refractivity contribution in [2.45, 2.75) is 46.1 Å². The van der Waals surface area contributed by atoms with Crippen molar-refractivity contribution in [3.8, 4) is 5.88 Å². The maximum absolute atomic E-state index is 12.4. The van der Waals surface area contributed by atoms with Crippen molar-refractivity contribution in [1.82, 2.24) is 15.1 Å². The van der Waals surface area contributed by atoms with Crippen LogP contribution < -0.4 is 9.64 Å². The molecule has 1 aliphatic heterocycles. The first-order chi connectivity index (χ1) is 10.7. The zero-order chi connectivity index (χ0) is 17.0. The van der Waals surface area contributed by atoms with Crippen LogP contribution in [0.1, 0.15) is 40.0 Å². The van der Waals surface area contributed by atoms with Gasteiger partial charge in [-0.1, -0.05) is 20.8 Å². The number of rotatable bonds is 4. The maximum Gasteiger partial charge on any atom is 0.233 e. The van der Waals surface area contributed by atoms with E-state index in [1.54, 1.807) is 0 Å². The zero-order valence-corrected chi connectivity index (χ0v) is 14.9. The molecule has 6 nitrogen and oxygen atoms in total. The summed E-state index contributed by atoms with van der Waals surface area (Å²) in [6.45, 7) is 7.71. The Hall–Kier alpha value is -1.85. The number of amides is 1. The summed E-state index contributed by atoms with van der Waals surface area (Å²) in [6, 6.07) is 3.71. The lowest BCUT2D eigenvalue weighted by Crippen LogP contribution is -2.45. The molecule has 2 heterocycles. The quantitative estimate of drug-likeness (QED) is 0.852. The first kappa shape index (κ1) is 17.5. The monoisotopic (exact) mass is 320 g/mol. The van der Waals surface area contributed by atoms with Crippen LogP contribution in [-0.2, 0) is 4.79 Å². The van der Waals surface area contributed by atoms with E-state index in [0.29, 0.717) is 18.8 Å². The van der Waals surface area contributed by atoms with Gasteiger partial charge < -0.3 is 14.5 Å². The molecule has 0 spiro atoms. The third kappa shape index (κ3) is 5.37. The van der Waals surface area contributed by atoms with E-state index in [2.05, 4.69) is 31.0 Å². The topological polar surface area (TPSA) is 58.6 Å². The molecule has 1 atom stereocenters. The number of likely N-dealkylation sites (tertiary alicyclic amines) is 1. The Labute approximate surface area is 138 Å². The van der Waals surface area contributed by atoms with Crippen LogP contribution in [0.5, 0.6) is 5.88 Å². The molecule has 0 aliphatic carbocycles. The molecule has 0 aromatic carbocycles. The van der Waals surface area contributed by atoms with Gasteiger partial charge in [0, 0.05) is 33.1 Å². The van der Waals surface area contributed by atoms with Crippen molar-refractivity contribution in [3.05, 3.63) is 12.1 Å². The van der Waals surface area contributed by atoms with Gasteiger partial charge in [0.25, 0.3) is 0 Å². The molecule has 0 saturated carbocycles. The fraction of sp³-hybridized carbons (Fsp3) is 0.706. The number of carbonyl (C=O) groups is 1. The van der Waals surface area contributed by atoms with E-state index >= 15 is 0 Å². The van der Waals surface area contributed by atoms with Crippen molar-refractivity contribution >= 4 is 11.7 Å². The summed E-state index contributed by atoms with van der Waals surface area (Å²) in [5.74, 6) is 1.52. The summed E-state index contributed by atoms with van der Waals surface area (Å²) in [6.07, 6.45) is 2.46. The summed E-state index contributed by atoms with van der Waals surface area (Å²) < 4.78 is 5.91. The van der Waals surface area contributed by atoms with E-state index in [1.165, 1.54) is 0 Å². The maximum atomic E-state index is 12.4. The van der Waals surface area contributed by atoms with Crippen molar-refractivity contribution < 1.29 is 9.53 Å². The van der Waals surface area contributed by atoms with Gasteiger partial charge in [-0.25, -0.2) is 0 Å². The van der Waals surface area contributed by atoms with E-state index in [1.807, 2.05) is 36.0 Å². The fourth-order valence-corrected chi connectivity index (χ4v) is 2.61.